The summed E-state index contributed by atoms with van der Waals surface area (Å²) in [5.41, 5.74) is -0.0754. The van der Waals surface area contributed by atoms with E-state index in [1.165, 1.54) is 0 Å². The van der Waals surface area contributed by atoms with E-state index in [-0.39, 0.29) is 23.8 Å². The number of ether oxygens (including phenoxy) is 1. The summed E-state index contributed by atoms with van der Waals surface area (Å²) in [4.78, 5) is 42.2. The number of hydrogen-bond acceptors (Lipinski definition) is 5. The van der Waals surface area contributed by atoms with Crippen molar-refractivity contribution in [2.45, 2.75) is 90.6 Å². The van der Waals surface area contributed by atoms with Crippen LogP contribution >= 0.6 is 11.8 Å². The van der Waals surface area contributed by atoms with E-state index < -0.39 is 29.3 Å². The fourth-order valence-corrected chi connectivity index (χ4v) is 4.49. The SMILES string of the molecule is C#Cc1ccccc1C(C(=O)NC(C)(C)C)N(C(=O)C(CCSC)NC(=O)OC(C)(C)C)C1CC1C. The molecule has 4 atom stereocenters. The first kappa shape index (κ1) is 29.6. The molecule has 1 fully saturated rings. The van der Waals surface area contributed by atoms with Gasteiger partial charge in [-0.2, -0.15) is 11.8 Å². The molecule has 3 amide bonds. The number of alkyl carbamates (subject to hydrolysis) is 1. The number of nitrogens with one attached hydrogen (secondary N) is 2. The Hall–Kier alpha value is -2.66. The van der Waals surface area contributed by atoms with Gasteiger partial charge in [0.05, 0.1) is 0 Å². The number of benzene rings is 1. The number of carbonyl (C=O) groups excluding carboxylic acids is 3. The molecule has 0 spiro atoms. The number of nitrogens with zero attached hydrogens (tertiary/aromatic N) is 1. The van der Waals surface area contributed by atoms with Crippen LogP contribution < -0.4 is 10.6 Å². The molecule has 0 heterocycles. The molecule has 2 N–H and O–H groups in total. The van der Waals surface area contributed by atoms with Crippen LogP contribution in [0.15, 0.2) is 24.3 Å². The van der Waals surface area contributed by atoms with Gasteiger partial charge in [-0.15, -0.1) is 6.42 Å². The van der Waals surface area contributed by atoms with Crippen molar-refractivity contribution in [3.63, 3.8) is 0 Å². The Morgan fingerprint density at radius 2 is 1.81 bits per heavy atom. The van der Waals surface area contributed by atoms with E-state index in [0.29, 0.717) is 23.3 Å². The lowest BCUT2D eigenvalue weighted by atomic mass is 9.96. The van der Waals surface area contributed by atoms with E-state index in [4.69, 9.17) is 11.2 Å². The molecule has 1 saturated carbocycles. The molecule has 0 aromatic heterocycles. The van der Waals surface area contributed by atoms with Crippen molar-refractivity contribution in [2.75, 3.05) is 12.0 Å². The molecule has 0 aliphatic heterocycles. The standard InChI is InChI=1S/C28H41N3O4S/c1-10-19-13-11-12-14-20(19)23(24(32)30-27(3,4)5)31(22-17-18(22)2)25(33)21(15-16-36-9)29-26(34)35-28(6,7)8/h1,11-14,18,21-23H,15-17H2,2-9H3,(H,29,34)(H,30,32). The predicted molar refractivity (Wildman–Crippen MR) is 146 cm³/mol. The minimum absolute atomic E-state index is 0.142. The predicted octanol–water partition coefficient (Wildman–Crippen LogP) is 4.51. The summed E-state index contributed by atoms with van der Waals surface area (Å²) in [6.07, 6.45) is 8.25. The Bertz CT molecular complexity index is 990. The van der Waals surface area contributed by atoms with Gasteiger partial charge in [-0.05, 0) is 83.9 Å². The molecule has 8 heteroatoms. The minimum Gasteiger partial charge on any atom is -0.444 e. The largest absolute Gasteiger partial charge is 0.444 e. The highest BCUT2D eigenvalue weighted by molar-refractivity contribution is 7.98. The second kappa shape index (κ2) is 12.1. The normalized spacial score (nSPS) is 18.9. The van der Waals surface area contributed by atoms with E-state index in [1.807, 2.05) is 39.2 Å². The van der Waals surface area contributed by atoms with E-state index >= 15 is 0 Å². The third-order valence-corrected chi connectivity index (χ3v) is 6.36. The van der Waals surface area contributed by atoms with Gasteiger partial charge in [-0.3, -0.25) is 9.59 Å². The fraction of sp³-hybridized carbons (Fsp3) is 0.607. The second-order valence-corrected chi connectivity index (χ2v) is 12.4. The average Bonchev–Trinajstić information content (AvgIpc) is 3.47. The molecule has 0 radical (unpaired) electrons. The summed E-state index contributed by atoms with van der Waals surface area (Å²) in [6.45, 7) is 13.0. The van der Waals surface area contributed by atoms with E-state index in [0.717, 1.165) is 6.42 Å². The summed E-state index contributed by atoms with van der Waals surface area (Å²) in [5.74, 6) is 2.92. The van der Waals surface area contributed by atoms with Crippen molar-refractivity contribution in [1.82, 2.24) is 15.5 Å². The highest BCUT2D eigenvalue weighted by Crippen LogP contribution is 2.41. The van der Waals surface area contributed by atoms with Gasteiger partial charge in [0.25, 0.3) is 0 Å². The molecule has 0 bridgehead atoms. The first-order chi connectivity index (χ1) is 16.7. The number of terminal acetylenes is 1. The second-order valence-electron chi connectivity index (χ2n) is 11.4. The molecular formula is C28H41N3O4S. The van der Waals surface area contributed by atoms with Gasteiger partial charge in [0.2, 0.25) is 11.8 Å². The molecule has 36 heavy (non-hydrogen) atoms. The summed E-state index contributed by atoms with van der Waals surface area (Å²) in [5, 5.41) is 5.81. The Morgan fingerprint density at radius 1 is 1.19 bits per heavy atom. The summed E-state index contributed by atoms with van der Waals surface area (Å²) >= 11 is 1.58. The van der Waals surface area contributed by atoms with Crippen LogP contribution in [-0.4, -0.2) is 58.0 Å². The number of rotatable bonds is 9. The number of carbonyl (C=O) groups is 3. The van der Waals surface area contributed by atoms with Gasteiger partial charge < -0.3 is 20.3 Å². The Kier molecular flexibility index (Phi) is 9.90. The highest BCUT2D eigenvalue weighted by Gasteiger charge is 2.48. The molecule has 7 nitrogen and oxygen atoms in total. The molecule has 4 unspecified atom stereocenters. The maximum absolute atomic E-state index is 14.2. The Morgan fingerprint density at radius 3 is 2.31 bits per heavy atom. The third-order valence-electron chi connectivity index (χ3n) is 5.71. The van der Waals surface area contributed by atoms with Crippen LogP contribution in [-0.2, 0) is 14.3 Å². The van der Waals surface area contributed by atoms with Crippen molar-refractivity contribution < 1.29 is 19.1 Å². The van der Waals surface area contributed by atoms with E-state index in [9.17, 15) is 14.4 Å². The van der Waals surface area contributed by atoms with Gasteiger partial charge in [0, 0.05) is 17.1 Å². The van der Waals surface area contributed by atoms with Crippen LogP contribution in [0.2, 0.25) is 0 Å². The van der Waals surface area contributed by atoms with Crippen LogP contribution in [0.3, 0.4) is 0 Å². The minimum atomic E-state index is -0.934. The van der Waals surface area contributed by atoms with Crippen molar-refractivity contribution in [1.29, 1.82) is 0 Å². The van der Waals surface area contributed by atoms with Crippen LogP contribution in [0.5, 0.6) is 0 Å². The van der Waals surface area contributed by atoms with Gasteiger partial charge >= 0.3 is 6.09 Å². The molecule has 1 aromatic carbocycles. The maximum atomic E-state index is 14.2. The first-order valence-electron chi connectivity index (χ1n) is 12.4. The zero-order valence-electron chi connectivity index (χ0n) is 22.8. The van der Waals surface area contributed by atoms with Crippen molar-refractivity contribution in [3.8, 4) is 12.3 Å². The monoisotopic (exact) mass is 515 g/mol. The summed E-state index contributed by atoms with van der Waals surface area (Å²) in [7, 11) is 0. The molecule has 1 aromatic rings. The lowest BCUT2D eigenvalue weighted by molar-refractivity contribution is -0.144. The lowest BCUT2D eigenvalue weighted by Crippen LogP contribution is -2.55. The third kappa shape index (κ3) is 8.48. The van der Waals surface area contributed by atoms with Gasteiger partial charge in [0.15, 0.2) is 0 Å². The zero-order chi connectivity index (χ0) is 27.3. The first-order valence-corrected chi connectivity index (χ1v) is 13.8. The lowest BCUT2D eigenvalue weighted by Gasteiger charge is -2.37. The number of thioether (sulfide) groups is 1. The van der Waals surface area contributed by atoms with E-state index in [2.05, 4.69) is 23.5 Å². The van der Waals surface area contributed by atoms with Gasteiger partial charge in [-0.1, -0.05) is 31.0 Å². The van der Waals surface area contributed by atoms with Crippen molar-refractivity contribution >= 4 is 29.7 Å². The summed E-state index contributed by atoms with van der Waals surface area (Å²) < 4.78 is 5.44. The average molecular weight is 516 g/mol. The fourth-order valence-electron chi connectivity index (χ4n) is 4.02. The van der Waals surface area contributed by atoms with Gasteiger partial charge in [-0.25, -0.2) is 4.79 Å². The molecule has 0 saturated heterocycles. The molecule has 198 valence electrons. The molecule has 1 aliphatic rings. The van der Waals surface area contributed by atoms with Crippen molar-refractivity contribution in [2.24, 2.45) is 5.92 Å². The van der Waals surface area contributed by atoms with Crippen LogP contribution in [0.4, 0.5) is 4.79 Å². The molecular weight excluding hydrogens is 474 g/mol. The Balaban J connectivity index is 2.55. The van der Waals surface area contributed by atoms with Crippen LogP contribution in [0, 0.1) is 18.3 Å². The van der Waals surface area contributed by atoms with Crippen LogP contribution in [0.25, 0.3) is 0 Å². The number of hydrogen-bond donors (Lipinski definition) is 2. The smallest absolute Gasteiger partial charge is 0.408 e. The summed E-state index contributed by atoms with van der Waals surface area (Å²) in [6, 6.07) is 5.28. The maximum Gasteiger partial charge on any atom is 0.408 e. The van der Waals surface area contributed by atoms with Crippen molar-refractivity contribution in [3.05, 3.63) is 35.4 Å². The van der Waals surface area contributed by atoms with E-state index in [1.54, 1.807) is 49.6 Å². The Labute approximate surface area is 220 Å². The zero-order valence-corrected chi connectivity index (χ0v) is 23.6. The van der Waals surface area contributed by atoms with Crippen LogP contribution in [0.1, 0.15) is 78.5 Å². The van der Waals surface area contributed by atoms with Gasteiger partial charge in [0.1, 0.15) is 17.7 Å². The molecule has 2 rings (SSSR count). The number of amides is 3. The quantitative estimate of drug-likeness (QED) is 0.473. The topological polar surface area (TPSA) is 87.7 Å². The molecule has 1 aliphatic carbocycles. The highest BCUT2D eigenvalue weighted by atomic mass is 32.2.